The van der Waals surface area contributed by atoms with Crippen molar-refractivity contribution in [1.29, 1.82) is 0 Å². The highest BCUT2D eigenvalue weighted by Crippen LogP contribution is 2.23. The van der Waals surface area contributed by atoms with Crippen LogP contribution in [0.1, 0.15) is 18.3 Å². The van der Waals surface area contributed by atoms with Gasteiger partial charge in [-0.2, -0.15) is 5.10 Å². The molecule has 0 saturated carbocycles. The minimum atomic E-state index is 0.785. The molecule has 1 aromatic rings. The van der Waals surface area contributed by atoms with Crippen LogP contribution in [0.25, 0.3) is 0 Å². The molecule has 1 aromatic heterocycles. The van der Waals surface area contributed by atoms with Gasteiger partial charge in [0.2, 0.25) is 0 Å². The zero-order chi connectivity index (χ0) is 14.1. The van der Waals surface area contributed by atoms with Crippen LogP contribution < -0.4 is 5.32 Å². The summed E-state index contributed by atoms with van der Waals surface area (Å²) in [7, 11) is 0. The van der Waals surface area contributed by atoms with E-state index in [1.54, 1.807) is 0 Å². The Balaban J connectivity index is 1.59. The second-order valence-corrected chi connectivity index (χ2v) is 6.58. The highest BCUT2D eigenvalue weighted by atomic mass is 79.9. The molecule has 0 aliphatic carbocycles. The van der Waals surface area contributed by atoms with Gasteiger partial charge in [-0.15, -0.1) is 0 Å². The third-order valence-corrected chi connectivity index (χ3v) is 5.54. The molecule has 3 rings (SSSR count). The van der Waals surface area contributed by atoms with Gasteiger partial charge in [0.25, 0.3) is 0 Å². The summed E-state index contributed by atoms with van der Waals surface area (Å²) in [6.07, 6.45) is 0. The summed E-state index contributed by atoms with van der Waals surface area (Å²) in [6, 6.07) is 0.785. The molecule has 2 aliphatic rings. The lowest BCUT2D eigenvalue weighted by Gasteiger charge is -2.43. The van der Waals surface area contributed by atoms with Gasteiger partial charge in [0.05, 0.1) is 15.9 Å². The lowest BCUT2D eigenvalue weighted by Crippen LogP contribution is -2.61. The molecule has 6 heteroatoms. The second kappa shape index (κ2) is 6.13. The van der Waals surface area contributed by atoms with Crippen LogP contribution in [0.4, 0.5) is 0 Å². The molecule has 0 unspecified atom stereocenters. The predicted octanol–water partition coefficient (Wildman–Crippen LogP) is 1.06. The summed E-state index contributed by atoms with van der Waals surface area (Å²) < 4.78 is 3.31. The molecule has 112 valence electrons. The summed E-state index contributed by atoms with van der Waals surface area (Å²) in [4.78, 5) is 5.18. The Labute approximate surface area is 129 Å². The molecular weight excluding hydrogens is 318 g/mol. The quantitative estimate of drug-likeness (QED) is 0.888. The molecule has 0 amide bonds. The van der Waals surface area contributed by atoms with E-state index in [9.17, 15) is 0 Å². The highest BCUT2D eigenvalue weighted by Gasteiger charge is 2.28. The molecule has 2 fully saturated rings. The average Bonchev–Trinajstić information content (AvgIpc) is 2.66. The Morgan fingerprint density at radius 3 is 2.50 bits per heavy atom. The van der Waals surface area contributed by atoms with Gasteiger partial charge >= 0.3 is 0 Å². The molecule has 2 saturated heterocycles. The van der Waals surface area contributed by atoms with Crippen LogP contribution in [0.5, 0.6) is 0 Å². The minimum Gasteiger partial charge on any atom is -0.314 e. The monoisotopic (exact) mass is 341 g/mol. The second-order valence-electron chi connectivity index (χ2n) is 5.79. The Morgan fingerprint density at radius 1 is 1.25 bits per heavy atom. The first-order valence-electron chi connectivity index (χ1n) is 7.58. The molecule has 0 atom stereocenters. The van der Waals surface area contributed by atoms with E-state index in [4.69, 9.17) is 0 Å². The molecule has 1 N–H and O–H groups in total. The molecule has 0 radical (unpaired) electrons. The van der Waals surface area contributed by atoms with Gasteiger partial charge in [-0.05, 0) is 29.8 Å². The van der Waals surface area contributed by atoms with Crippen LogP contribution >= 0.6 is 15.9 Å². The molecule has 0 bridgehead atoms. The van der Waals surface area contributed by atoms with Crippen LogP contribution in [0, 0.1) is 6.92 Å². The summed E-state index contributed by atoms with van der Waals surface area (Å²) in [5, 5.41) is 7.95. The van der Waals surface area contributed by atoms with Crippen molar-refractivity contribution in [2.24, 2.45) is 0 Å². The van der Waals surface area contributed by atoms with Crippen LogP contribution in [0.2, 0.25) is 0 Å². The number of aryl methyl sites for hydroxylation is 2. The van der Waals surface area contributed by atoms with Crippen LogP contribution in [-0.4, -0.2) is 64.9 Å². The fourth-order valence-corrected chi connectivity index (χ4v) is 3.46. The topological polar surface area (TPSA) is 36.3 Å². The molecule has 2 aliphatic heterocycles. The largest absolute Gasteiger partial charge is 0.314 e. The predicted molar refractivity (Wildman–Crippen MR) is 83.8 cm³/mol. The highest BCUT2D eigenvalue weighted by molar-refractivity contribution is 9.10. The average molecular weight is 342 g/mol. The summed E-state index contributed by atoms with van der Waals surface area (Å²) in [5.74, 6) is 0. The first-order valence-corrected chi connectivity index (χ1v) is 8.37. The Bertz CT molecular complexity index is 460. The zero-order valence-electron chi connectivity index (χ0n) is 12.4. The number of piperazine rings is 1. The van der Waals surface area contributed by atoms with Gasteiger partial charge in [-0.25, -0.2) is 0 Å². The summed E-state index contributed by atoms with van der Waals surface area (Å²) >= 11 is 3.70. The number of halogens is 1. The number of hydrogen-bond donors (Lipinski definition) is 1. The number of nitrogens with zero attached hydrogens (tertiary/aromatic N) is 4. The maximum atomic E-state index is 4.58. The van der Waals surface area contributed by atoms with Crippen molar-refractivity contribution < 1.29 is 0 Å². The van der Waals surface area contributed by atoms with Crippen molar-refractivity contribution in [1.82, 2.24) is 24.9 Å². The Hall–Kier alpha value is -0.430. The van der Waals surface area contributed by atoms with Crippen molar-refractivity contribution >= 4 is 15.9 Å². The van der Waals surface area contributed by atoms with Crippen molar-refractivity contribution in [3.8, 4) is 0 Å². The van der Waals surface area contributed by atoms with E-state index in [0.29, 0.717) is 0 Å². The van der Waals surface area contributed by atoms with Crippen molar-refractivity contribution in [3.05, 3.63) is 15.9 Å². The standard InChI is InChI=1S/C14H24BrN5/c1-3-20-13(14(15)11(2)17-20)10-18-4-6-19(7-5-18)12-8-16-9-12/h12,16H,3-10H2,1-2H3. The van der Waals surface area contributed by atoms with Crippen LogP contribution in [0.3, 0.4) is 0 Å². The molecule has 5 nitrogen and oxygen atoms in total. The zero-order valence-corrected chi connectivity index (χ0v) is 14.0. The number of nitrogens with one attached hydrogen (secondary N) is 1. The van der Waals surface area contributed by atoms with Crippen LogP contribution in [-0.2, 0) is 13.1 Å². The smallest absolute Gasteiger partial charge is 0.0739 e. The van der Waals surface area contributed by atoms with Crippen molar-refractivity contribution in [3.63, 3.8) is 0 Å². The van der Waals surface area contributed by atoms with Crippen molar-refractivity contribution in [2.75, 3.05) is 39.3 Å². The normalized spacial score (nSPS) is 22.1. The SMILES string of the molecule is CCn1nc(C)c(Br)c1CN1CCN(C2CNC2)CC1. The van der Waals surface area contributed by atoms with Gasteiger partial charge in [0.1, 0.15) is 0 Å². The molecule has 0 spiro atoms. The lowest BCUT2D eigenvalue weighted by atomic mass is 10.1. The van der Waals surface area contributed by atoms with Gasteiger partial charge < -0.3 is 5.32 Å². The fourth-order valence-electron chi connectivity index (χ4n) is 3.05. The van der Waals surface area contributed by atoms with E-state index >= 15 is 0 Å². The van der Waals surface area contributed by atoms with E-state index in [1.807, 2.05) is 0 Å². The molecule has 20 heavy (non-hydrogen) atoms. The van der Waals surface area contributed by atoms with Gasteiger partial charge in [0.15, 0.2) is 0 Å². The minimum absolute atomic E-state index is 0.785. The summed E-state index contributed by atoms with van der Waals surface area (Å²) in [5.41, 5.74) is 2.42. The van der Waals surface area contributed by atoms with E-state index in [2.05, 4.69) is 54.7 Å². The van der Waals surface area contributed by atoms with Crippen LogP contribution in [0.15, 0.2) is 4.47 Å². The van der Waals surface area contributed by atoms with E-state index < -0.39 is 0 Å². The Kier molecular flexibility index (Phi) is 4.45. The fraction of sp³-hybridized carbons (Fsp3) is 0.786. The molecule has 3 heterocycles. The first kappa shape index (κ1) is 14.5. The number of aromatic nitrogens is 2. The first-order chi connectivity index (χ1) is 9.69. The van der Waals surface area contributed by atoms with E-state index in [1.165, 1.54) is 36.3 Å². The van der Waals surface area contributed by atoms with Gasteiger partial charge in [-0.1, -0.05) is 0 Å². The van der Waals surface area contributed by atoms with Gasteiger partial charge in [-0.3, -0.25) is 14.5 Å². The third-order valence-electron chi connectivity index (χ3n) is 4.51. The van der Waals surface area contributed by atoms with Gasteiger partial charge in [0, 0.05) is 58.4 Å². The van der Waals surface area contributed by atoms with E-state index in [0.717, 1.165) is 37.9 Å². The maximum Gasteiger partial charge on any atom is 0.0739 e. The number of rotatable bonds is 4. The molecule has 0 aromatic carbocycles. The number of hydrogen-bond acceptors (Lipinski definition) is 4. The van der Waals surface area contributed by atoms with E-state index in [-0.39, 0.29) is 0 Å². The molecular formula is C14H24BrN5. The third kappa shape index (κ3) is 2.79. The maximum absolute atomic E-state index is 4.58. The van der Waals surface area contributed by atoms with Crippen molar-refractivity contribution in [2.45, 2.75) is 33.0 Å². The summed E-state index contributed by atoms with van der Waals surface area (Å²) in [6.45, 7) is 13.2. The Morgan fingerprint density at radius 2 is 1.95 bits per heavy atom. The lowest BCUT2D eigenvalue weighted by molar-refractivity contribution is 0.0683.